The lowest BCUT2D eigenvalue weighted by Crippen LogP contribution is -2.05. The van der Waals surface area contributed by atoms with Crippen LogP contribution in [0.2, 0.25) is 0 Å². The molecule has 1 aromatic rings. The molecule has 0 amide bonds. The molecular formula is C15H23Br. The van der Waals surface area contributed by atoms with Crippen LogP contribution in [0.5, 0.6) is 0 Å². The Labute approximate surface area is 109 Å². The van der Waals surface area contributed by atoms with E-state index in [1.54, 1.807) is 5.56 Å². The summed E-state index contributed by atoms with van der Waals surface area (Å²) in [6, 6.07) is 4.57. The third-order valence-corrected chi connectivity index (χ3v) is 3.49. The zero-order valence-corrected chi connectivity index (χ0v) is 12.9. The van der Waals surface area contributed by atoms with Crippen LogP contribution in [0.15, 0.2) is 16.6 Å². The fourth-order valence-corrected chi connectivity index (χ4v) is 2.78. The highest BCUT2D eigenvalue weighted by molar-refractivity contribution is 9.10. The first kappa shape index (κ1) is 13.8. The molecule has 0 unspecified atom stereocenters. The Kier molecular flexibility index (Phi) is 4.61. The summed E-state index contributed by atoms with van der Waals surface area (Å²) >= 11 is 3.63. The Morgan fingerprint density at radius 3 is 1.38 bits per heavy atom. The first-order valence-electron chi connectivity index (χ1n) is 6.17. The van der Waals surface area contributed by atoms with E-state index >= 15 is 0 Å². The van der Waals surface area contributed by atoms with Gasteiger partial charge in [0, 0.05) is 4.47 Å². The minimum absolute atomic E-state index is 0.590. The highest BCUT2D eigenvalue weighted by Crippen LogP contribution is 2.35. The number of hydrogen-bond acceptors (Lipinski definition) is 0. The van der Waals surface area contributed by atoms with E-state index in [4.69, 9.17) is 0 Å². The zero-order chi connectivity index (χ0) is 12.5. The number of halogens is 1. The summed E-state index contributed by atoms with van der Waals surface area (Å²) in [5.74, 6) is 1.78. The minimum atomic E-state index is 0.590. The normalized spacial score (nSPS) is 11.9. The van der Waals surface area contributed by atoms with Crippen molar-refractivity contribution in [3.63, 3.8) is 0 Å². The lowest BCUT2D eigenvalue weighted by molar-refractivity contribution is 0.747. The van der Waals surface area contributed by atoms with Crippen LogP contribution >= 0.6 is 15.9 Å². The van der Waals surface area contributed by atoms with E-state index < -0.39 is 0 Å². The van der Waals surface area contributed by atoms with Gasteiger partial charge in [-0.25, -0.2) is 0 Å². The molecule has 1 heteroatoms. The van der Waals surface area contributed by atoms with Crippen molar-refractivity contribution in [1.29, 1.82) is 0 Å². The van der Waals surface area contributed by atoms with Crippen LogP contribution in [0.1, 0.15) is 76.0 Å². The lowest BCUT2D eigenvalue weighted by Gasteiger charge is -2.23. The molecule has 1 rings (SSSR count). The molecule has 0 saturated heterocycles. The largest absolute Gasteiger partial charge is 0.0587 e. The molecular weight excluding hydrogens is 260 g/mol. The summed E-state index contributed by atoms with van der Waals surface area (Å²) in [4.78, 5) is 0. The van der Waals surface area contributed by atoms with E-state index in [-0.39, 0.29) is 0 Å². The molecule has 0 N–H and O–H groups in total. The van der Waals surface area contributed by atoms with E-state index in [1.165, 1.54) is 15.6 Å². The average Bonchev–Trinajstić information content (AvgIpc) is 2.15. The number of rotatable bonds is 3. The van der Waals surface area contributed by atoms with E-state index in [1.807, 2.05) is 0 Å². The van der Waals surface area contributed by atoms with Crippen molar-refractivity contribution in [3.05, 3.63) is 33.3 Å². The molecule has 0 atom stereocenters. The van der Waals surface area contributed by atoms with Crippen LogP contribution in [-0.2, 0) is 0 Å². The molecule has 1 aromatic carbocycles. The van der Waals surface area contributed by atoms with Gasteiger partial charge >= 0.3 is 0 Å². The van der Waals surface area contributed by atoms with Crippen LogP contribution in [0.25, 0.3) is 0 Å². The highest BCUT2D eigenvalue weighted by Gasteiger charge is 2.17. The van der Waals surface area contributed by atoms with Crippen molar-refractivity contribution >= 4 is 15.9 Å². The van der Waals surface area contributed by atoms with E-state index in [0.29, 0.717) is 17.8 Å². The van der Waals surface area contributed by atoms with Crippen LogP contribution in [0, 0.1) is 0 Å². The highest BCUT2D eigenvalue weighted by atomic mass is 79.9. The zero-order valence-electron chi connectivity index (χ0n) is 11.3. The molecule has 0 bridgehead atoms. The number of benzene rings is 1. The number of hydrogen-bond donors (Lipinski definition) is 0. The van der Waals surface area contributed by atoms with Crippen LogP contribution < -0.4 is 0 Å². The lowest BCUT2D eigenvalue weighted by atomic mass is 9.83. The fraction of sp³-hybridized carbons (Fsp3) is 0.600. The average molecular weight is 283 g/mol. The topological polar surface area (TPSA) is 0 Å². The second-order valence-corrected chi connectivity index (χ2v) is 6.38. The van der Waals surface area contributed by atoms with Gasteiger partial charge in [0.05, 0.1) is 0 Å². The predicted octanol–water partition coefficient (Wildman–Crippen LogP) is 5.82. The molecule has 0 saturated carbocycles. The Hall–Kier alpha value is -0.300. The maximum Gasteiger partial charge on any atom is 0.0181 e. The monoisotopic (exact) mass is 282 g/mol. The molecule has 0 radical (unpaired) electrons. The van der Waals surface area contributed by atoms with Gasteiger partial charge in [0.1, 0.15) is 0 Å². The first-order valence-corrected chi connectivity index (χ1v) is 6.97. The second kappa shape index (κ2) is 5.35. The molecule has 0 nitrogen and oxygen atoms in total. The van der Waals surface area contributed by atoms with Gasteiger partial charge in [-0.05, 0) is 46.6 Å². The molecule has 0 fully saturated rings. The molecule has 0 heterocycles. The van der Waals surface area contributed by atoms with Crippen molar-refractivity contribution in [3.8, 4) is 0 Å². The van der Waals surface area contributed by atoms with Gasteiger partial charge in [0.2, 0.25) is 0 Å². The fourth-order valence-electron chi connectivity index (χ4n) is 2.28. The maximum atomic E-state index is 3.63. The summed E-state index contributed by atoms with van der Waals surface area (Å²) in [6.45, 7) is 13.7. The predicted molar refractivity (Wildman–Crippen MR) is 76.4 cm³/mol. The maximum absolute atomic E-state index is 3.63. The van der Waals surface area contributed by atoms with Gasteiger partial charge in [-0.15, -0.1) is 0 Å². The van der Waals surface area contributed by atoms with Gasteiger partial charge in [0.25, 0.3) is 0 Å². The molecule has 0 aromatic heterocycles. The third kappa shape index (κ3) is 2.88. The quantitative estimate of drug-likeness (QED) is 0.655. The summed E-state index contributed by atoms with van der Waals surface area (Å²) in [5.41, 5.74) is 4.54. The van der Waals surface area contributed by atoms with Gasteiger partial charge in [-0.3, -0.25) is 0 Å². The van der Waals surface area contributed by atoms with Crippen LogP contribution in [-0.4, -0.2) is 0 Å². The minimum Gasteiger partial charge on any atom is -0.0587 e. The Balaban J connectivity index is 3.48. The molecule has 0 spiro atoms. The summed E-state index contributed by atoms with van der Waals surface area (Å²) in [7, 11) is 0. The molecule has 0 aliphatic rings. The summed E-state index contributed by atoms with van der Waals surface area (Å²) in [6.07, 6.45) is 0. The van der Waals surface area contributed by atoms with E-state index in [0.717, 1.165) is 0 Å². The van der Waals surface area contributed by atoms with Crippen molar-refractivity contribution in [2.75, 3.05) is 0 Å². The summed E-state index contributed by atoms with van der Waals surface area (Å²) in [5, 5.41) is 0. The first-order chi connectivity index (χ1) is 7.34. The third-order valence-electron chi connectivity index (χ3n) is 3.03. The molecule has 90 valence electrons. The SMILES string of the molecule is CC(C)c1cc(Br)cc(C(C)C)c1C(C)C. The van der Waals surface area contributed by atoms with E-state index in [2.05, 4.69) is 69.6 Å². The van der Waals surface area contributed by atoms with Crippen molar-refractivity contribution in [2.45, 2.75) is 59.3 Å². The van der Waals surface area contributed by atoms with Crippen LogP contribution in [0.3, 0.4) is 0 Å². The van der Waals surface area contributed by atoms with Gasteiger partial charge in [-0.1, -0.05) is 57.5 Å². The standard InChI is InChI=1S/C15H23Br/c1-9(2)13-7-12(16)8-14(10(3)4)15(13)11(5)6/h7-11H,1-6H3. The smallest absolute Gasteiger partial charge is 0.0181 e. The molecule has 0 aliphatic carbocycles. The van der Waals surface area contributed by atoms with Gasteiger partial charge in [0.15, 0.2) is 0 Å². The van der Waals surface area contributed by atoms with E-state index in [9.17, 15) is 0 Å². The second-order valence-electron chi connectivity index (χ2n) is 5.46. The Bertz CT molecular complexity index is 333. The van der Waals surface area contributed by atoms with Crippen molar-refractivity contribution in [1.82, 2.24) is 0 Å². The summed E-state index contributed by atoms with van der Waals surface area (Å²) < 4.78 is 1.21. The molecule has 16 heavy (non-hydrogen) atoms. The van der Waals surface area contributed by atoms with Gasteiger partial charge in [-0.2, -0.15) is 0 Å². The Morgan fingerprint density at radius 2 is 1.12 bits per heavy atom. The van der Waals surface area contributed by atoms with Crippen LogP contribution in [0.4, 0.5) is 0 Å². The van der Waals surface area contributed by atoms with Gasteiger partial charge < -0.3 is 0 Å². The van der Waals surface area contributed by atoms with Crippen molar-refractivity contribution < 1.29 is 0 Å². The molecule has 0 aliphatic heterocycles. The Morgan fingerprint density at radius 1 is 0.750 bits per heavy atom. The van der Waals surface area contributed by atoms with Crippen molar-refractivity contribution in [2.24, 2.45) is 0 Å².